The Morgan fingerprint density at radius 2 is 2.35 bits per heavy atom. The summed E-state index contributed by atoms with van der Waals surface area (Å²) in [6, 6.07) is 1.92. The fourth-order valence-corrected chi connectivity index (χ4v) is 2.44. The number of ether oxygens (including phenoxy) is 1. The third-order valence-electron chi connectivity index (χ3n) is 3.01. The van der Waals surface area contributed by atoms with Crippen molar-refractivity contribution in [3.05, 3.63) is 34.7 Å². The topological polar surface area (TPSA) is 60.2 Å². The number of hydrogen-bond donors (Lipinski definition) is 0. The van der Waals surface area contributed by atoms with Crippen molar-refractivity contribution >= 4 is 27.5 Å². The van der Waals surface area contributed by atoms with Crippen LogP contribution in [0.15, 0.2) is 29.1 Å². The van der Waals surface area contributed by atoms with Gasteiger partial charge in [0.15, 0.2) is 0 Å². The van der Waals surface area contributed by atoms with Gasteiger partial charge in [0.25, 0.3) is 0 Å². The number of anilines is 1. The number of rotatable bonds is 2. The monoisotopic (exact) mass is 336 g/mol. The summed E-state index contributed by atoms with van der Waals surface area (Å²) in [5, 5.41) is 4.10. The number of carbonyl (C=O) groups is 1. The molecule has 0 aromatic carbocycles. The third kappa shape index (κ3) is 2.53. The van der Waals surface area contributed by atoms with Gasteiger partial charge in [-0.15, -0.1) is 0 Å². The van der Waals surface area contributed by atoms with Crippen LogP contribution in [0.5, 0.6) is 5.88 Å². The van der Waals surface area contributed by atoms with Crippen LogP contribution in [0.3, 0.4) is 0 Å². The predicted molar refractivity (Wildman–Crippen MR) is 76.7 cm³/mol. The maximum atomic E-state index is 12.4. The Bertz CT molecular complexity index is 656. The minimum absolute atomic E-state index is 0.0300. The quantitative estimate of drug-likeness (QED) is 0.838. The van der Waals surface area contributed by atoms with Gasteiger partial charge in [-0.1, -0.05) is 0 Å². The molecule has 6 nitrogen and oxygen atoms in total. The number of aromatic nitrogens is 3. The van der Waals surface area contributed by atoms with Crippen LogP contribution in [0.4, 0.5) is 5.69 Å². The lowest BCUT2D eigenvalue weighted by Gasteiger charge is -2.28. The van der Waals surface area contributed by atoms with Gasteiger partial charge in [0.1, 0.15) is 18.8 Å². The zero-order valence-corrected chi connectivity index (χ0v) is 12.5. The van der Waals surface area contributed by atoms with Crippen molar-refractivity contribution in [2.24, 2.45) is 0 Å². The number of hydrogen-bond acceptors (Lipinski definition) is 4. The third-order valence-corrected chi connectivity index (χ3v) is 3.42. The SMILES string of the molecule is Cc1cnc2c(c1)N(C(=O)Cn1cc(Br)cn1)CCO2. The molecule has 1 aliphatic heterocycles. The lowest BCUT2D eigenvalue weighted by Crippen LogP contribution is -2.40. The average Bonchev–Trinajstić information content (AvgIpc) is 2.83. The Labute approximate surface area is 124 Å². The molecule has 1 amide bonds. The predicted octanol–water partition coefficient (Wildman–Crippen LogP) is 1.77. The molecule has 20 heavy (non-hydrogen) atoms. The molecule has 0 atom stereocenters. The highest BCUT2D eigenvalue weighted by Crippen LogP contribution is 2.30. The number of fused-ring (bicyclic) bond motifs is 1. The van der Waals surface area contributed by atoms with Crippen LogP contribution in [0.1, 0.15) is 5.56 Å². The van der Waals surface area contributed by atoms with E-state index < -0.39 is 0 Å². The molecule has 2 aromatic heterocycles. The van der Waals surface area contributed by atoms with Crippen LogP contribution in [-0.2, 0) is 11.3 Å². The molecule has 0 aliphatic carbocycles. The van der Waals surface area contributed by atoms with Crippen molar-refractivity contribution in [1.29, 1.82) is 0 Å². The van der Waals surface area contributed by atoms with E-state index in [4.69, 9.17) is 4.74 Å². The molecule has 1 aliphatic rings. The molecule has 0 bridgehead atoms. The summed E-state index contributed by atoms with van der Waals surface area (Å²) in [4.78, 5) is 18.3. The van der Waals surface area contributed by atoms with Crippen LogP contribution in [-0.4, -0.2) is 33.8 Å². The smallest absolute Gasteiger partial charge is 0.248 e. The normalized spacial score (nSPS) is 13.8. The number of halogens is 1. The van der Waals surface area contributed by atoms with Gasteiger partial charge in [-0.05, 0) is 34.5 Å². The Hall–Kier alpha value is -1.89. The second-order valence-electron chi connectivity index (χ2n) is 4.59. The van der Waals surface area contributed by atoms with Crippen molar-refractivity contribution in [1.82, 2.24) is 14.8 Å². The molecule has 2 aromatic rings. The molecular formula is C13H13BrN4O2. The van der Waals surface area contributed by atoms with Gasteiger partial charge in [-0.3, -0.25) is 9.48 Å². The van der Waals surface area contributed by atoms with Crippen LogP contribution in [0, 0.1) is 6.92 Å². The van der Waals surface area contributed by atoms with E-state index in [9.17, 15) is 4.79 Å². The van der Waals surface area contributed by atoms with Gasteiger partial charge in [0.05, 0.1) is 17.2 Å². The number of nitrogens with zero attached hydrogens (tertiary/aromatic N) is 4. The molecule has 0 fully saturated rings. The molecule has 0 radical (unpaired) electrons. The molecule has 0 unspecified atom stereocenters. The van der Waals surface area contributed by atoms with E-state index in [1.807, 2.05) is 13.0 Å². The summed E-state index contributed by atoms with van der Waals surface area (Å²) in [6.45, 7) is 3.12. The van der Waals surface area contributed by atoms with Crippen molar-refractivity contribution in [2.75, 3.05) is 18.1 Å². The van der Waals surface area contributed by atoms with Crippen LogP contribution in [0.2, 0.25) is 0 Å². The maximum absolute atomic E-state index is 12.4. The second kappa shape index (κ2) is 5.24. The first-order valence-corrected chi connectivity index (χ1v) is 7.00. The van der Waals surface area contributed by atoms with E-state index in [0.717, 1.165) is 15.7 Å². The van der Waals surface area contributed by atoms with Crippen molar-refractivity contribution in [3.63, 3.8) is 0 Å². The number of pyridine rings is 1. The molecule has 3 rings (SSSR count). The standard InChI is InChI=1S/C13H13BrN4O2/c1-9-4-11-13(15-5-9)20-3-2-18(11)12(19)8-17-7-10(14)6-16-17/h4-7H,2-3,8H2,1H3. The highest BCUT2D eigenvalue weighted by molar-refractivity contribution is 9.10. The van der Waals surface area contributed by atoms with Crippen LogP contribution < -0.4 is 9.64 Å². The highest BCUT2D eigenvalue weighted by atomic mass is 79.9. The van der Waals surface area contributed by atoms with Gasteiger partial charge >= 0.3 is 0 Å². The molecule has 0 spiro atoms. The first-order chi connectivity index (χ1) is 9.63. The molecular weight excluding hydrogens is 324 g/mol. The molecule has 3 heterocycles. The first kappa shape index (κ1) is 13.1. The molecule has 7 heteroatoms. The summed E-state index contributed by atoms with van der Waals surface area (Å²) < 4.78 is 7.93. The van der Waals surface area contributed by atoms with Gasteiger partial charge in [0, 0.05) is 12.4 Å². The van der Waals surface area contributed by atoms with E-state index in [2.05, 4.69) is 26.0 Å². The second-order valence-corrected chi connectivity index (χ2v) is 5.50. The summed E-state index contributed by atoms with van der Waals surface area (Å²) in [5.41, 5.74) is 1.72. The lowest BCUT2D eigenvalue weighted by atomic mass is 10.2. The van der Waals surface area contributed by atoms with E-state index in [1.165, 1.54) is 0 Å². The van der Waals surface area contributed by atoms with Crippen molar-refractivity contribution in [3.8, 4) is 5.88 Å². The zero-order valence-electron chi connectivity index (χ0n) is 10.9. The zero-order chi connectivity index (χ0) is 14.1. The number of carbonyl (C=O) groups excluding carboxylic acids is 1. The van der Waals surface area contributed by atoms with Crippen molar-refractivity contribution < 1.29 is 9.53 Å². The largest absolute Gasteiger partial charge is 0.474 e. The number of amides is 1. The van der Waals surface area contributed by atoms with E-state index in [-0.39, 0.29) is 12.5 Å². The Balaban J connectivity index is 1.84. The average molecular weight is 337 g/mol. The fourth-order valence-electron chi connectivity index (χ4n) is 2.11. The minimum atomic E-state index is -0.0300. The van der Waals surface area contributed by atoms with Gasteiger partial charge < -0.3 is 9.64 Å². The first-order valence-electron chi connectivity index (χ1n) is 6.21. The summed E-state index contributed by atoms with van der Waals surface area (Å²) >= 11 is 3.32. The van der Waals surface area contributed by atoms with Gasteiger partial charge in [0.2, 0.25) is 11.8 Å². The highest BCUT2D eigenvalue weighted by Gasteiger charge is 2.25. The molecule has 0 saturated carbocycles. The maximum Gasteiger partial charge on any atom is 0.248 e. The minimum Gasteiger partial charge on any atom is -0.474 e. The van der Waals surface area contributed by atoms with Crippen molar-refractivity contribution in [2.45, 2.75) is 13.5 Å². The lowest BCUT2D eigenvalue weighted by molar-refractivity contribution is -0.119. The Morgan fingerprint density at radius 1 is 1.50 bits per heavy atom. The van der Waals surface area contributed by atoms with E-state index >= 15 is 0 Å². The summed E-state index contributed by atoms with van der Waals surface area (Å²) in [5.74, 6) is 0.481. The summed E-state index contributed by atoms with van der Waals surface area (Å²) in [6.07, 6.45) is 5.16. The van der Waals surface area contributed by atoms with Gasteiger partial charge in [-0.2, -0.15) is 5.10 Å². The van der Waals surface area contributed by atoms with E-state index in [1.54, 1.807) is 28.2 Å². The Kier molecular flexibility index (Phi) is 3.43. The molecule has 104 valence electrons. The van der Waals surface area contributed by atoms with E-state index in [0.29, 0.717) is 19.0 Å². The van der Waals surface area contributed by atoms with Crippen LogP contribution in [0.25, 0.3) is 0 Å². The summed E-state index contributed by atoms with van der Waals surface area (Å²) in [7, 11) is 0. The molecule has 0 saturated heterocycles. The Morgan fingerprint density at radius 3 is 3.10 bits per heavy atom. The molecule has 0 N–H and O–H groups in total. The fraction of sp³-hybridized carbons (Fsp3) is 0.308. The van der Waals surface area contributed by atoms with Crippen LogP contribution >= 0.6 is 15.9 Å². The number of aryl methyl sites for hydroxylation is 1. The van der Waals surface area contributed by atoms with Gasteiger partial charge in [-0.25, -0.2) is 4.98 Å².